The molecule has 2 amide bonds. The quantitative estimate of drug-likeness (QED) is 0.148. The van der Waals surface area contributed by atoms with Crippen LogP contribution in [0.1, 0.15) is 40.7 Å². The summed E-state index contributed by atoms with van der Waals surface area (Å²) >= 11 is 1.59. The number of piperazine rings is 1. The van der Waals surface area contributed by atoms with Gasteiger partial charge in [0.05, 0.1) is 17.3 Å². The maximum Gasteiger partial charge on any atom is 0.260 e. The summed E-state index contributed by atoms with van der Waals surface area (Å²) < 4.78 is 19.3. The number of ether oxygens (including phenoxy) is 3. The molecule has 1 aromatic heterocycles. The summed E-state index contributed by atoms with van der Waals surface area (Å²) in [4.78, 5) is 56.7. The van der Waals surface area contributed by atoms with Gasteiger partial charge in [0.2, 0.25) is 0 Å². The Balaban J connectivity index is 0.784. The van der Waals surface area contributed by atoms with Gasteiger partial charge in [-0.05, 0) is 85.1 Å². The smallest absolute Gasteiger partial charge is 0.260 e. The number of carbonyl (C=O) groups is 4. The number of carbonyl (C=O) groups excluding carboxylic acids is 4. The monoisotopic (exact) mass is 759 g/mol. The van der Waals surface area contributed by atoms with Crippen LogP contribution in [0.25, 0.3) is 20.5 Å². The Morgan fingerprint density at radius 1 is 0.855 bits per heavy atom. The molecule has 0 spiro atoms. The zero-order chi connectivity index (χ0) is 38.1. The largest absolute Gasteiger partial charge is 0.508 e. The molecule has 1 saturated heterocycles. The molecule has 1 N–H and O–H groups in total. The van der Waals surface area contributed by atoms with Crippen molar-refractivity contribution >= 4 is 44.8 Å². The highest BCUT2D eigenvalue weighted by Gasteiger charge is 2.39. The van der Waals surface area contributed by atoms with E-state index in [-0.39, 0.29) is 48.7 Å². The average Bonchev–Trinajstić information content (AvgIpc) is 3.70. The van der Waals surface area contributed by atoms with Crippen LogP contribution < -0.4 is 14.2 Å². The number of aromatic hydroxyl groups is 1. The zero-order valence-electron chi connectivity index (χ0n) is 30.5. The number of thiophene rings is 1. The van der Waals surface area contributed by atoms with Crippen LogP contribution in [0.5, 0.6) is 28.7 Å². The van der Waals surface area contributed by atoms with Crippen molar-refractivity contribution in [1.29, 1.82) is 0 Å². The van der Waals surface area contributed by atoms with E-state index in [9.17, 15) is 24.3 Å². The van der Waals surface area contributed by atoms with Gasteiger partial charge in [-0.25, -0.2) is 0 Å². The third kappa shape index (κ3) is 7.92. The molecule has 55 heavy (non-hydrogen) atoms. The van der Waals surface area contributed by atoms with E-state index in [4.69, 9.17) is 14.2 Å². The van der Waals surface area contributed by atoms with Crippen molar-refractivity contribution < 1.29 is 38.5 Å². The van der Waals surface area contributed by atoms with E-state index in [1.54, 1.807) is 51.5 Å². The van der Waals surface area contributed by atoms with Crippen LogP contribution in [0.2, 0.25) is 0 Å². The second kappa shape index (κ2) is 15.6. The highest BCUT2D eigenvalue weighted by molar-refractivity contribution is 7.22. The van der Waals surface area contributed by atoms with Crippen LogP contribution >= 0.6 is 11.3 Å². The molecule has 11 nitrogen and oxygen atoms in total. The van der Waals surface area contributed by atoms with E-state index in [1.807, 2.05) is 30.3 Å². The maximum atomic E-state index is 13.0. The van der Waals surface area contributed by atoms with Gasteiger partial charge in [0.1, 0.15) is 35.4 Å². The molecule has 2 fully saturated rings. The number of hydrogen-bond acceptors (Lipinski definition) is 10. The maximum absolute atomic E-state index is 13.0. The first-order valence-electron chi connectivity index (χ1n) is 18.5. The van der Waals surface area contributed by atoms with Crippen molar-refractivity contribution in [2.75, 3.05) is 45.9 Å². The van der Waals surface area contributed by atoms with E-state index >= 15 is 0 Å². The van der Waals surface area contributed by atoms with E-state index in [0.717, 1.165) is 57.2 Å². The lowest BCUT2D eigenvalue weighted by Gasteiger charge is -2.34. The Morgan fingerprint density at radius 2 is 1.60 bits per heavy atom. The lowest BCUT2D eigenvalue weighted by molar-refractivity contribution is -0.135. The Labute approximate surface area is 322 Å². The standard InChI is InChI=1S/C43H41N3O8S/c1-27-2-4-28(5-3-27)42-41(36-13-6-31(48)24-39(36)55-42)54-33-10-8-32(9-11-33)52-21-20-44-16-18-45(19-17-44)40(50)26-53-34-12-14-35-29(22-34)25-46(43(35)51)37-15-7-30(47)23-38(37)49/h2-6,8-14,22,24,37,48H,7,15-21,23,25-26H2,1H3/t37-/m0/s1. The normalized spacial score (nSPS) is 17.5. The molecule has 0 bridgehead atoms. The summed E-state index contributed by atoms with van der Waals surface area (Å²) in [6, 6.07) is 25.8. The van der Waals surface area contributed by atoms with Crippen molar-refractivity contribution in [3.05, 3.63) is 102 Å². The molecule has 0 unspecified atom stereocenters. The summed E-state index contributed by atoms with van der Waals surface area (Å²) in [5, 5.41) is 11.0. The molecule has 12 heteroatoms. The first kappa shape index (κ1) is 36.3. The van der Waals surface area contributed by atoms with Crippen LogP contribution in [-0.4, -0.2) is 95.2 Å². The molecule has 1 saturated carbocycles. The predicted octanol–water partition coefficient (Wildman–Crippen LogP) is 6.62. The number of fused-ring (bicyclic) bond motifs is 2. The number of phenolic OH excluding ortho intramolecular Hbond substituents is 1. The van der Waals surface area contributed by atoms with Crippen molar-refractivity contribution in [2.45, 2.75) is 38.8 Å². The van der Waals surface area contributed by atoms with E-state index in [1.165, 1.54) is 5.56 Å². The van der Waals surface area contributed by atoms with Gasteiger partial charge in [-0.3, -0.25) is 24.1 Å². The number of Topliss-reactive ketones (excluding diaryl/α,β-unsaturated/α-hetero) is 2. The highest BCUT2D eigenvalue weighted by atomic mass is 32.1. The summed E-state index contributed by atoms with van der Waals surface area (Å²) in [7, 11) is 0. The van der Waals surface area contributed by atoms with Crippen LogP contribution in [-0.2, 0) is 20.9 Å². The summed E-state index contributed by atoms with van der Waals surface area (Å²) in [5.41, 5.74) is 3.51. The SMILES string of the molecule is Cc1ccc(-c2sc3cc(O)ccc3c2Oc2ccc(OCCN3CCN(C(=O)COc4ccc5c(c4)CN([C@H]4CCC(=O)CC4=O)C5=O)CC3)cc2)cc1. The van der Waals surface area contributed by atoms with Crippen molar-refractivity contribution in [1.82, 2.24) is 14.7 Å². The second-order valence-corrected chi connectivity index (χ2v) is 15.3. The van der Waals surface area contributed by atoms with Crippen LogP contribution in [0.4, 0.5) is 0 Å². The van der Waals surface area contributed by atoms with Crippen molar-refractivity contribution in [2.24, 2.45) is 0 Å². The van der Waals surface area contributed by atoms with Crippen LogP contribution in [0.3, 0.4) is 0 Å². The molecule has 3 aliphatic rings. The Bertz CT molecular complexity index is 2260. The number of hydrogen-bond donors (Lipinski definition) is 1. The zero-order valence-corrected chi connectivity index (χ0v) is 31.3. The first-order valence-corrected chi connectivity index (χ1v) is 19.3. The average molecular weight is 760 g/mol. The number of ketones is 2. The summed E-state index contributed by atoms with van der Waals surface area (Å²) in [6.45, 7) is 6.07. The minimum Gasteiger partial charge on any atom is -0.508 e. The highest BCUT2D eigenvalue weighted by Crippen LogP contribution is 2.47. The minimum atomic E-state index is -0.573. The molecule has 8 rings (SSSR count). The Kier molecular flexibility index (Phi) is 10.3. The van der Waals surface area contributed by atoms with Gasteiger partial charge in [-0.2, -0.15) is 0 Å². The van der Waals surface area contributed by atoms with E-state index in [0.29, 0.717) is 49.6 Å². The number of benzene rings is 4. The fourth-order valence-corrected chi connectivity index (χ4v) is 8.55. The molecule has 282 valence electrons. The third-order valence-electron chi connectivity index (χ3n) is 10.5. The molecule has 1 aliphatic carbocycles. The molecule has 1 atom stereocenters. The number of nitrogens with zero attached hydrogens (tertiary/aromatic N) is 3. The minimum absolute atomic E-state index is 0.0764. The second-order valence-electron chi connectivity index (χ2n) is 14.2. The molecular weight excluding hydrogens is 719 g/mol. The molecule has 5 aromatic rings. The topological polar surface area (TPSA) is 126 Å². The molecule has 4 aromatic carbocycles. The third-order valence-corrected chi connectivity index (χ3v) is 11.7. The van der Waals surface area contributed by atoms with Crippen LogP contribution in [0, 0.1) is 6.92 Å². The van der Waals surface area contributed by atoms with Gasteiger partial charge >= 0.3 is 0 Å². The number of amides is 2. The first-order chi connectivity index (χ1) is 26.7. The molecule has 0 radical (unpaired) electrons. The van der Waals surface area contributed by atoms with Gasteiger partial charge in [0, 0.05) is 61.3 Å². The lowest BCUT2D eigenvalue weighted by Crippen LogP contribution is -2.50. The van der Waals surface area contributed by atoms with Crippen molar-refractivity contribution in [3.8, 4) is 39.2 Å². The van der Waals surface area contributed by atoms with Gasteiger partial charge in [-0.15, -0.1) is 11.3 Å². The fourth-order valence-electron chi connectivity index (χ4n) is 7.38. The van der Waals surface area contributed by atoms with E-state index < -0.39 is 6.04 Å². The lowest BCUT2D eigenvalue weighted by atomic mass is 9.92. The Hall–Kier alpha value is -5.72. The van der Waals surface area contributed by atoms with Gasteiger partial charge < -0.3 is 29.1 Å². The number of phenols is 1. The molecule has 2 aliphatic heterocycles. The van der Waals surface area contributed by atoms with Gasteiger partial charge in [0.25, 0.3) is 11.8 Å². The number of aryl methyl sites for hydroxylation is 1. The molecule has 3 heterocycles. The fraction of sp³-hybridized carbons (Fsp3) is 0.302. The number of rotatable bonds is 11. The van der Waals surface area contributed by atoms with Gasteiger partial charge in [-0.1, -0.05) is 29.8 Å². The molecular formula is C43H41N3O8S. The van der Waals surface area contributed by atoms with Crippen LogP contribution in [0.15, 0.2) is 84.9 Å². The summed E-state index contributed by atoms with van der Waals surface area (Å²) in [6.07, 6.45) is 0.550. The Morgan fingerprint density at radius 3 is 2.36 bits per heavy atom. The van der Waals surface area contributed by atoms with Crippen molar-refractivity contribution in [3.63, 3.8) is 0 Å². The van der Waals surface area contributed by atoms with Gasteiger partial charge in [0.15, 0.2) is 18.1 Å². The summed E-state index contributed by atoms with van der Waals surface area (Å²) in [5.74, 6) is 2.29. The predicted molar refractivity (Wildman–Crippen MR) is 208 cm³/mol. The van der Waals surface area contributed by atoms with E-state index in [2.05, 4.69) is 36.1 Å².